The van der Waals surface area contributed by atoms with E-state index in [2.05, 4.69) is 36.3 Å². The van der Waals surface area contributed by atoms with Gasteiger partial charge in [0.15, 0.2) is 5.75 Å². The zero-order valence-corrected chi connectivity index (χ0v) is 19.7. The molecule has 1 heterocycles. The Labute approximate surface area is 194 Å². The van der Waals surface area contributed by atoms with E-state index in [1.807, 2.05) is 0 Å². The highest BCUT2D eigenvalue weighted by Crippen LogP contribution is 2.31. The molecule has 0 saturated carbocycles. The monoisotopic (exact) mass is 448 g/mol. The average molecular weight is 449 g/mol. The van der Waals surface area contributed by atoms with Crippen molar-refractivity contribution in [1.82, 2.24) is 10.3 Å². The molecule has 174 valence electrons. The minimum atomic E-state index is -0.773. The maximum absolute atomic E-state index is 12.2. The second-order valence-electron chi connectivity index (χ2n) is 8.94. The van der Waals surface area contributed by atoms with Crippen molar-refractivity contribution in [1.29, 1.82) is 0 Å². The summed E-state index contributed by atoms with van der Waals surface area (Å²) in [6.07, 6.45) is 3.23. The van der Waals surface area contributed by atoms with E-state index >= 15 is 0 Å². The molecular weight excluding hydrogens is 416 g/mol. The van der Waals surface area contributed by atoms with Crippen molar-refractivity contribution in [2.45, 2.75) is 65.5 Å². The van der Waals surface area contributed by atoms with Gasteiger partial charge in [-0.25, -0.2) is 0 Å². The van der Waals surface area contributed by atoms with Gasteiger partial charge in [-0.15, -0.1) is 0 Å². The van der Waals surface area contributed by atoms with Crippen LogP contribution in [-0.2, 0) is 30.5 Å². The summed E-state index contributed by atoms with van der Waals surface area (Å²) in [6.45, 7) is 7.83. The largest absolute Gasteiger partial charge is 0.424 e. The normalized spacial score (nSPS) is 14.5. The topological polar surface area (TPSA) is 91.4 Å². The minimum Gasteiger partial charge on any atom is -0.424 e. The summed E-state index contributed by atoms with van der Waals surface area (Å²) in [6, 6.07) is 10.1. The number of pyridine rings is 1. The highest BCUT2D eigenvalue weighted by Gasteiger charge is 2.24. The Morgan fingerprint density at radius 3 is 2.36 bits per heavy atom. The maximum Gasteiger partial charge on any atom is 0.308 e. The summed E-state index contributed by atoms with van der Waals surface area (Å²) < 4.78 is 5.27. The molecule has 1 aliphatic rings. The molecule has 1 atom stereocenters. The van der Waals surface area contributed by atoms with Gasteiger partial charge in [-0.1, -0.05) is 32.0 Å². The lowest BCUT2D eigenvalue weighted by molar-refractivity contribution is -0.131. The highest BCUT2D eigenvalue weighted by molar-refractivity contribution is 5.90. The third kappa shape index (κ3) is 4.72. The number of hydrogen-bond acceptors (Lipinski definition) is 5. The number of fused-ring (bicyclic) bond motifs is 2. The smallest absolute Gasteiger partial charge is 0.308 e. The first kappa shape index (κ1) is 23.2. The van der Waals surface area contributed by atoms with Gasteiger partial charge in [0.2, 0.25) is 0 Å². The summed E-state index contributed by atoms with van der Waals surface area (Å²) in [5, 5.41) is 15.2. The molecule has 3 aromatic rings. The van der Waals surface area contributed by atoms with Gasteiger partial charge in [-0.2, -0.15) is 0 Å². The van der Waals surface area contributed by atoms with Crippen molar-refractivity contribution >= 4 is 16.9 Å². The molecule has 0 amide bonds. The number of aryl methyl sites for hydroxylation is 3. The molecule has 0 radical (unpaired) electrons. The third-order valence-corrected chi connectivity index (χ3v) is 6.63. The van der Waals surface area contributed by atoms with Crippen LogP contribution in [-0.4, -0.2) is 28.6 Å². The van der Waals surface area contributed by atoms with Crippen LogP contribution in [0.5, 0.6) is 5.75 Å². The highest BCUT2D eigenvalue weighted by atomic mass is 16.5. The number of ether oxygens (including phenoxy) is 1. The lowest BCUT2D eigenvalue weighted by Crippen LogP contribution is -2.33. The van der Waals surface area contributed by atoms with Crippen LogP contribution in [0.15, 0.2) is 35.1 Å². The predicted molar refractivity (Wildman–Crippen MR) is 130 cm³/mol. The van der Waals surface area contributed by atoms with Crippen LogP contribution < -0.4 is 15.6 Å². The van der Waals surface area contributed by atoms with Crippen LogP contribution in [0, 0.1) is 6.92 Å². The molecule has 3 N–H and O–H groups in total. The van der Waals surface area contributed by atoms with E-state index in [0.29, 0.717) is 28.6 Å². The van der Waals surface area contributed by atoms with Crippen molar-refractivity contribution in [3.63, 3.8) is 0 Å². The summed E-state index contributed by atoms with van der Waals surface area (Å²) in [4.78, 5) is 26.5. The quantitative estimate of drug-likeness (QED) is 0.379. The number of rotatable bonds is 7. The van der Waals surface area contributed by atoms with Crippen LogP contribution in [0.1, 0.15) is 60.3 Å². The molecule has 0 fully saturated rings. The minimum absolute atomic E-state index is 0.248. The summed E-state index contributed by atoms with van der Waals surface area (Å²) in [7, 11) is 0. The van der Waals surface area contributed by atoms with Crippen molar-refractivity contribution in [3.8, 4) is 5.75 Å². The number of aliphatic hydroxyl groups is 1. The van der Waals surface area contributed by atoms with Crippen molar-refractivity contribution < 1.29 is 14.6 Å². The van der Waals surface area contributed by atoms with Crippen LogP contribution in [0.3, 0.4) is 0 Å². The number of hydrogen-bond donors (Lipinski definition) is 3. The second kappa shape index (κ2) is 9.49. The van der Waals surface area contributed by atoms with E-state index in [0.717, 1.165) is 25.7 Å². The van der Waals surface area contributed by atoms with Gasteiger partial charge in [0.25, 0.3) is 5.56 Å². The number of esters is 1. The molecule has 1 aliphatic carbocycles. The Morgan fingerprint density at radius 1 is 1.15 bits per heavy atom. The Morgan fingerprint density at radius 2 is 1.79 bits per heavy atom. The van der Waals surface area contributed by atoms with Crippen molar-refractivity contribution in [3.05, 3.63) is 74.1 Å². The average Bonchev–Trinajstić information content (AvgIpc) is 3.19. The van der Waals surface area contributed by atoms with Gasteiger partial charge < -0.3 is 20.1 Å². The van der Waals surface area contributed by atoms with Crippen LogP contribution in [0.4, 0.5) is 0 Å². The van der Waals surface area contributed by atoms with E-state index in [9.17, 15) is 14.7 Å². The van der Waals surface area contributed by atoms with Crippen molar-refractivity contribution in [2.75, 3.05) is 6.54 Å². The van der Waals surface area contributed by atoms with Gasteiger partial charge in [0, 0.05) is 30.5 Å². The molecule has 6 heteroatoms. The standard InChI is InChI=1S/C27H32N2O4/c1-5-17-10-19-12-21(13-20(19)11-18(17)6-2)28-14-24(31)22-7-8-25(33-16(4)30)26-23(22)9-15(3)27(32)29-26/h7-11,21,24,28,31H,5-6,12-14H2,1-4H3,(H,29,32). The van der Waals surface area contributed by atoms with Gasteiger partial charge in [-0.05, 0) is 72.6 Å². The number of carbonyl (C=O) groups is 1. The molecule has 0 saturated heterocycles. The number of H-pyrrole nitrogens is 1. The van der Waals surface area contributed by atoms with Crippen molar-refractivity contribution in [2.24, 2.45) is 0 Å². The Balaban J connectivity index is 1.53. The zero-order chi connectivity index (χ0) is 23.7. The summed E-state index contributed by atoms with van der Waals surface area (Å²) in [5.41, 5.74) is 7.06. The van der Waals surface area contributed by atoms with Gasteiger partial charge in [-0.3, -0.25) is 9.59 Å². The molecule has 2 aromatic carbocycles. The number of aromatic nitrogens is 1. The van der Waals surface area contributed by atoms with E-state index in [-0.39, 0.29) is 17.4 Å². The fourth-order valence-electron chi connectivity index (χ4n) is 4.89. The molecular formula is C27H32N2O4. The molecule has 33 heavy (non-hydrogen) atoms. The van der Waals surface area contributed by atoms with Crippen LogP contribution >= 0.6 is 0 Å². The van der Waals surface area contributed by atoms with Gasteiger partial charge >= 0.3 is 5.97 Å². The molecule has 0 aliphatic heterocycles. The molecule has 1 aromatic heterocycles. The second-order valence-corrected chi connectivity index (χ2v) is 8.94. The third-order valence-electron chi connectivity index (χ3n) is 6.63. The predicted octanol–water partition coefficient (Wildman–Crippen LogP) is 3.68. The van der Waals surface area contributed by atoms with Gasteiger partial charge in [0.05, 0.1) is 11.6 Å². The first-order chi connectivity index (χ1) is 15.8. The van der Waals surface area contributed by atoms with Crippen LogP contribution in [0.2, 0.25) is 0 Å². The first-order valence-electron chi connectivity index (χ1n) is 11.7. The van der Waals surface area contributed by atoms with Crippen LogP contribution in [0.25, 0.3) is 10.9 Å². The number of carbonyl (C=O) groups excluding carboxylic acids is 1. The number of aromatic amines is 1. The fourth-order valence-corrected chi connectivity index (χ4v) is 4.89. The first-order valence-corrected chi connectivity index (χ1v) is 11.7. The fraction of sp³-hybridized carbons (Fsp3) is 0.407. The Kier molecular flexibility index (Phi) is 6.68. The van der Waals surface area contributed by atoms with E-state index < -0.39 is 12.1 Å². The number of aliphatic hydroxyl groups excluding tert-OH is 1. The van der Waals surface area contributed by atoms with Gasteiger partial charge in [0.1, 0.15) is 0 Å². The lowest BCUT2D eigenvalue weighted by Gasteiger charge is -2.19. The molecule has 1 unspecified atom stereocenters. The summed E-state index contributed by atoms with van der Waals surface area (Å²) >= 11 is 0. The summed E-state index contributed by atoms with van der Waals surface area (Å²) in [5.74, 6) is -0.186. The number of benzene rings is 2. The number of nitrogens with one attached hydrogen (secondary N) is 2. The molecule has 0 bridgehead atoms. The Hall–Kier alpha value is -2.96. The Bertz CT molecular complexity index is 1230. The van der Waals surface area contributed by atoms with E-state index in [4.69, 9.17) is 4.74 Å². The molecule has 0 spiro atoms. The zero-order valence-electron chi connectivity index (χ0n) is 19.7. The molecule has 4 rings (SSSR count). The molecule has 6 nitrogen and oxygen atoms in total. The van der Waals surface area contributed by atoms with E-state index in [1.165, 1.54) is 29.2 Å². The lowest BCUT2D eigenvalue weighted by atomic mass is 9.97. The maximum atomic E-state index is 12.2. The van der Waals surface area contributed by atoms with E-state index in [1.54, 1.807) is 25.1 Å². The SMILES string of the molecule is CCc1cc2c(cc1CC)CC(NCC(O)c1ccc(OC(C)=O)c3[nH]c(=O)c(C)cc13)C2.